The Morgan fingerprint density at radius 1 is 1.35 bits per heavy atom. The van der Waals surface area contributed by atoms with Crippen molar-refractivity contribution in [2.45, 2.75) is 30.7 Å². The first-order valence-corrected chi connectivity index (χ1v) is 5.09. The number of aliphatic hydroxyl groups is 3. The van der Waals surface area contributed by atoms with E-state index in [1.807, 2.05) is 0 Å². The van der Waals surface area contributed by atoms with E-state index in [0.29, 0.717) is 0 Å². The maximum absolute atomic E-state index is 9.77. The molecule has 0 amide bonds. The predicted molar refractivity (Wildman–Crippen MR) is 52.9 cm³/mol. The molecule has 1 aromatic rings. The zero-order valence-corrected chi connectivity index (χ0v) is 8.84. The van der Waals surface area contributed by atoms with Crippen molar-refractivity contribution in [3.63, 3.8) is 0 Å². The number of nitrogens with zero attached hydrogens (tertiary/aromatic N) is 1. The lowest BCUT2D eigenvalue weighted by Crippen LogP contribution is -2.61. The van der Waals surface area contributed by atoms with Gasteiger partial charge in [0.05, 0.1) is 6.20 Å². The highest BCUT2D eigenvalue weighted by Crippen LogP contribution is 2.23. The third-order valence-electron chi connectivity index (χ3n) is 2.54. The normalized spacial score (nSPS) is 38.0. The van der Waals surface area contributed by atoms with Crippen LogP contribution >= 0.6 is 0 Å². The van der Waals surface area contributed by atoms with E-state index in [1.54, 1.807) is 0 Å². The van der Waals surface area contributed by atoms with Crippen molar-refractivity contribution in [3.8, 4) is 6.08 Å². The average molecular weight is 246 g/mol. The van der Waals surface area contributed by atoms with Crippen molar-refractivity contribution < 1.29 is 29.2 Å². The molecule has 2 unspecified atom stereocenters. The zero-order chi connectivity index (χ0) is 12.4. The Kier molecular flexibility index (Phi) is 3.60. The molecule has 1 fully saturated rings. The summed E-state index contributed by atoms with van der Waals surface area (Å²) in [5, 5.41) is 29.0. The Bertz CT molecular complexity index is 345. The zero-order valence-electron chi connectivity index (χ0n) is 8.84. The molecule has 2 heterocycles. The summed E-state index contributed by atoms with van der Waals surface area (Å²) in [5.74, 6) is 0. The summed E-state index contributed by atoms with van der Waals surface area (Å²) in [6, 6.07) is 0. The van der Waals surface area contributed by atoms with Gasteiger partial charge in [-0.2, -0.15) is 4.98 Å². The summed E-state index contributed by atoms with van der Waals surface area (Å²) in [6.45, 7) is -0.0268. The van der Waals surface area contributed by atoms with Gasteiger partial charge in [0, 0.05) is 6.54 Å². The minimum absolute atomic E-state index is 0.0268. The molecule has 0 saturated carbocycles. The van der Waals surface area contributed by atoms with Crippen LogP contribution in [0.1, 0.15) is 0 Å². The number of rotatable bonds is 3. The van der Waals surface area contributed by atoms with Gasteiger partial charge in [0.15, 0.2) is 12.4 Å². The Labute approximate surface area is 96.6 Å². The Morgan fingerprint density at radius 3 is 2.71 bits per heavy atom. The molecule has 0 aromatic carbocycles. The van der Waals surface area contributed by atoms with E-state index in [-0.39, 0.29) is 12.6 Å². The van der Waals surface area contributed by atoms with Gasteiger partial charge in [-0.05, 0) is 0 Å². The van der Waals surface area contributed by atoms with E-state index >= 15 is 0 Å². The standard InChI is InChI=1S/C9H14N2O6/c10-3-4-5(12)6(13)7(8(14)16-4)17-9-11-1-2-15-9/h1-2,4-8,12-14H,3,10H2/t4-,5?,6+,7-,8?/m1/s1. The largest absolute Gasteiger partial charge is 0.439 e. The molecule has 8 nitrogen and oxygen atoms in total. The van der Waals surface area contributed by atoms with E-state index in [9.17, 15) is 15.3 Å². The third-order valence-corrected chi connectivity index (χ3v) is 2.54. The highest BCUT2D eigenvalue weighted by molar-refractivity contribution is 4.95. The lowest BCUT2D eigenvalue weighted by molar-refractivity contribution is -0.275. The van der Waals surface area contributed by atoms with Gasteiger partial charge in [-0.25, -0.2) is 0 Å². The van der Waals surface area contributed by atoms with Gasteiger partial charge in [-0.1, -0.05) is 0 Å². The van der Waals surface area contributed by atoms with Crippen molar-refractivity contribution in [2.75, 3.05) is 6.54 Å². The van der Waals surface area contributed by atoms with Crippen LogP contribution in [-0.4, -0.2) is 57.6 Å². The second-order valence-corrected chi connectivity index (χ2v) is 3.66. The lowest BCUT2D eigenvalue weighted by Gasteiger charge is -2.39. The van der Waals surface area contributed by atoms with Gasteiger partial charge in [0.25, 0.3) is 0 Å². The predicted octanol–water partition coefficient (Wildman–Crippen LogP) is -2.18. The van der Waals surface area contributed by atoms with E-state index < -0.39 is 30.7 Å². The van der Waals surface area contributed by atoms with Crippen LogP contribution in [0.5, 0.6) is 6.08 Å². The molecule has 0 aliphatic carbocycles. The fraction of sp³-hybridized carbons (Fsp3) is 0.667. The highest BCUT2D eigenvalue weighted by Gasteiger charge is 2.45. The fourth-order valence-electron chi connectivity index (χ4n) is 1.63. The van der Waals surface area contributed by atoms with E-state index in [1.165, 1.54) is 12.5 Å². The first kappa shape index (κ1) is 12.3. The number of aliphatic hydroxyl groups excluding tert-OH is 3. The quantitative estimate of drug-likeness (QED) is 0.473. The highest BCUT2D eigenvalue weighted by atomic mass is 16.7. The minimum Gasteiger partial charge on any atom is -0.439 e. The van der Waals surface area contributed by atoms with Crippen molar-refractivity contribution in [1.29, 1.82) is 0 Å². The molecule has 0 bridgehead atoms. The molecule has 0 radical (unpaired) electrons. The number of hydrogen-bond acceptors (Lipinski definition) is 8. The van der Waals surface area contributed by atoms with Crippen LogP contribution < -0.4 is 10.5 Å². The van der Waals surface area contributed by atoms with Gasteiger partial charge in [0.2, 0.25) is 0 Å². The molecule has 0 spiro atoms. The van der Waals surface area contributed by atoms with Gasteiger partial charge >= 0.3 is 6.08 Å². The smallest absolute Gasteiger partial charge is 0.393 e. The van der Waals surface area contributed by atoms with Crippen molar-refractivity contribution >= 4 is 0 Å². The first-order chi connectivity index (χ1) is 8.13. The van der Waals surface area contributed by atoms with Crippen LogP contribution in [0, 0.1) is 0 Å². The Morgan fingerprint density at radius 2 is 2.12 bits per heavy atom. The van der Waals surface area contributed by atoms with Crippen LogP contribution in [0.2, 0.25) is 0 Å². The van der Waals surface area contributed by atoms with Crippen LogP contribution in [0.15, 0.2) is 16.9 Å². The first-order valence-electron chi connectivity index (χ1n) is 5.09. The summed E-state index contributed by atoms with van der Waals surface area (Å²) in [6.07, 6.45) is -3.56. The third kappa shape index (κ3) is 2.40. The SMILES string of the molecule is NC[C@H]1OC(O)[C@H](Oc2ncco2)[C@@H](O)C1O. The van der Waals surface area contributed by atoms with Crippen LogP contribution in [0.3, 0.4) is 0 Å². The summed E-state index contributed by atoms with van der Waals surface area (Å²) in [7, 11) is 0. The maximum atomic E-state index is 9.77. The van der Waals surface area contributed by atoms with Gasteiger partial charge < -0.3 is 34.9 Å². The summed E-state index contributed by atoms with van der Waals surface area (Å²) in [4.78, 5) is 3.67. The van der Waals surface area contributed by atoms with E-state index in [0.717, 1.165) is 0 Å². The molecule has 1 aromatic heterocycles. The molecule has 1 aliphatic heterocycles. The maximum Gasteiger partial charge on any atom is 0.393 e. The van der Waals surface area contributed by atoms with E-state index in [4.69, 9.17) is 19.6 Å². The molecule has 5 N–H and O–H groups in total. The van der Waals surface area contributed by atoms with E-state index in [2.05, 4.69) is 4.98 Å². The number of ether oxygens (including phenoxy) is 2. The number of aromatic nitrogens is 1. The average Bonchev–Trinajstić information content (AvgIpc) is 2.82. The summed E-state index contributed by atoms with van der Waals surface area (Å²) in [5.41, 5.74) is 5.32. The van der Waals surface area contributed by atoms with Gasteiger partial charge in [-0.3, -0.25) is 0 Å². The van der Waals surface area contributed by atoms with Crippen molar-refractivity contribution in [1.82, 2.24) is 4.98 Å². The van der Waals surface area contributed by atoms with Gasteiger partial charge in [-0.15, -0.1) is 0 Å². The number of nitrogens with two attached hydrogens (primary N) is 1. The number of oxazole rings is 1. The molecular weight excluding hydrogens is 232 g/mol. The summed E-state index contributed by atoms with van der Waals surface area (Å²) >= 11 is 0. The molecular formula is C9H14N2O6. The molecule has 1 saturated heterocycles. The van der Waals surface area contributed by atoms with Crippen LogP contribution in [-0.2, 0) is 4.74 Å². The molecule has 8 heteroatoms. The second kappa shape index (κ2) is 4.98. The Hall–Kier alpha value is -1.19. The molecule has 17 heavy (non-hydrogen) atoms. The molecule has 1 aliphatic rings. The molecule has 5 atom stereocenters. The van der Waals surface area contributed by atoms with Crippen LogP contribution in [0.4, 0.5) is 0 Å². The molecule has 96 valence electrons. The van der Waals surface area contributed by atoms with Crippen molar-refractivity contribution in [3.05, 3.63) is 12.5 Å². The fourth-order valence-corrected chi connectivity index (χ4v) is 1.63. The van der Waals surface area contributed by atoms with Crippen molar-refractivity contribution in [2.24, 2.45) is 5.73 Å². The van der Waals surface area contributed by atoms with Gasteiger partial charge in [0.1, 0.15) is 24.6 Å². The minimum atomic E-state index is -1.42. The van der Waals surface area contributed by atoms with Crippen LogP contribution in [0.25, 0.3) is 0 Å². The molecule has 2 rings (SSSR count). The summed E-state index contributed by atoms with van der Waals surface area (Å²) < 4.78 is 14.9. The lowest BCUT2D eigenvalue weighted by atomic mass is 9.99. The topological polar surface area (TPSA) is 131 Å². The second-order valence-electron chi connectivity index (χ2n) is 3.66. The Balaban J connectivity index is 2.06. The number of hydrogen-bond donors (Lipinski definition) is 4. The monoisotopic (exact) mass is 246 g/mol.